The summed E-state index contributed by atoms with van der Waals surface area (Å²) in [5.74, 6) is -1.81. The van der Waals surface area contributed by atoms with Gasteiger partial charge in [0.1, 0.15) is 0 Å². The van der Waals surface area contributed by atoms with Crippen molar-refractivity contribution in [1.29, 1.82) is 0 Å². The first-order chi connectivity index (χ1) is 9.24. The molecule has 0 fully saturated rings. The fourth-order valence-electron chi connectivity index (χ4n) is 1.64. The van der Waals surface area contributed by atoms with E-state index in [1.54, 1.807) is 0 Å². The summed E-state index contributed by atoms with van der Waals surface area (Å²) < 4.78 is 26.1. The van der Waals surface area contributed by atoms with Crippen molar-refractivity contribution in [1.82, 2.24) is 15.3 Å². The second kappa shape index (κ2) is 5.40. The quantitative estimate of drug-likeness (QED) is 0.857. The van der Waals surface area contributed by atoms with Crippen LogP contribution in [-0.2, 0) is 4.79 Å². The SMILES string of the molecule is CC(C)(C)NC(=O)CSc1nc2cc(F)c(F)cc2[nH]1. The Bertz CT molecular complexity index is 610. The molecule has 0 saturated carbocycles. The number of nitrogens with one attached hydrogen (secondary N) is 2. The van der Waals surface area contributed by atoms with Crippen LogP contribution in [0.1, 0.15) is 20.8 Å². The highest BCUT2D eigenvalue weighted by Crippen LogP contribution is 2.21. The largest absolute Gasteiger partial charge is 0.351 e. The molecule has 2 rings (SSSR count). The summed E-state index contributed by atoms with van der Waals surface area (Å²) in [6.07, 6.45) is 0. The van der Waals surface area contributed by atoms with Crippen LogP contribution in [0.15, 0.2) is 17.3 Å². The lowest BCUT2D eigenvalue weighted by Crippen LogP contribution is -2.41. The van der Waals surface area contributed by atoms with Gasteiger partial charge >= 0.3 is 0 Å². The van der Waals surface area contributed by atoms with Crippen molar-refractivity contribution in [3.05, 3.63) is 23.8 Å². The third-order valence-electron chi connectivity index (χ3n) is 2.36. The molecule has 20 heavy (non-hydrogen) atoms. The monoisotopic (exact) mass is 299 g/mol. The van der Waals surface area contributed by atoms with Crippen LogP contribution in [0, 0.1) is 11.6 Å². The maximum atomic E-state index is 13.1. The molecule has 4 nitrogen and oxygen atoms in total. The smallest absolute Gasteiger partial charge is 0.230 e. The highest BCUT2D eigenvalue weighted by atomic mass is 32.2. The number of aromatic amines is 1. The normalized spacial score (nSPS) is 11.8. The molecule has 108 valence electrons. The number of halogens is 2. The summed E-state index contributed by atoms with van der Waals surface area (Å²) in [5, 5.41) is 3.27. The molecule has 1 aromatic carbocycles. The number of imidazole rings is 1. The predicted molar refractivity (Wildman–Crippen MR) is 74.6 cm³/mol. The Morgan fingerprint density at radius 3 is 2.65 bits per heavy atom. The van der Waals surface area contributed by atoms with Crippen molar-refractivity contribution in [2.24, 2.45) is 0 Å². The second-order valence-corrected chi connectivity index (χ2v) is 6.38. The third kappa shape index (κ3) is 3.69. The molecule has 1 aromatic heterocycles. The van der Waals surface area contributed by atoms with Crippen LogP contribution in [0.4, 0.5) is 8.78 Å². The lowest BCUT2D eigenvalue weighted by molar-refractivity contribution is -0.119. The number of hydrogen-bond acceptors (Lipinski definition) is 3. The first-order valence-corrected chi connectivity index (χ1v) is 7.02. The second-order valence-electron chi connectivity index (χ2n) is 5.41. The predicted octanol–water partition coefficient (Wildman–Crippen LogP) is 2.85. The third-order valence-corrected chi connectivity index (χ3v) is 3.23. The molecule has 1 heterocycles. The van der Waals surface area contributed by atoms with Gasteiger partial charge in [-0.05, 0) is 20.8 Å². The fourth-order valence-corrected chi connectivity index (χ4v) is 2.32. The van der Waals surface area contributed by atoms with Gasteiger partial charge in [0.15, 0.2) is 16.8 Å². The standard InChI is InChI=1S/C13H15F2N3OS/c1-13(2,3)18-11(19)6-20-12-16-9-4-7(14)8(15)5-10(9)17-12/h4-5H,6H2,1-3H3,(H,16,17)(H,18,19). The number of carbonyl (C=O) groups excluding carboxylic acids is 1. The van der Waals surface area contributed by atoms with Crippen molar-refractivity contribution >= 4 is 28.7 Å². The Balaban J connectivity index is 2.05. The van der Waals surface area contributed by atoms with Gasteiger partial charge in [0.05, 0.1) is 16.8 Å². The molecule has 7 heteroatoms. The van der Waals surface area contributed by atoms with Crippen molar-refractivity contribution in [2.75, 3.05) is 5.75 Å². The highest BCUT2D eigenvalue weighted by molar-refractivity contribution is 7.99. The zero-order chi connectivity index (χ0) is 14.9. The molecule has 0 aliphatic heterocycles. The molecule has 0 radical (unpaired) electrons. The van der Waals surface area contributed by atoms with Gasteiger partial charge in [0.2, 0.25) is 5.91 Å². The van der Waals surface area contributed by atoms with Crippen LogP contribution in [0.3, 0.4) is 0 Å². The average molecular weight is 299 g/mol. The van der Waals surface area contributed by atoms with Gasteiger partial charge in [0.25, 0.3) is 0 Å². The molecule has 0 atom stereocenters. The fraction of sp³-hybridized carbons (Fsp3) is 0.385. The summed E-state index contributed by atoms with van der Waals surface area (Å²) in [7, 11) is 0. The molecule has 0 spiro atoms. The van der Waals surface area contributed by atoms with E-state index in [-0.39, 0.29) is 17.2 Å². The van der Waals surface area contributed by atoms with Crippen LogP contribution in [0.25, 0.3) is 11.0 Å². The number of amides is 1. The van der Waals surface area contributed by atoms with Crippen LogP contribution >= 0.6 is 11.8 Å². The topological polar surface area (TPSA) is 57.8 Å². The van der Waals surface area contributed by atoms with Gasteiger partial charge in [-0.15, -0.1) is 0 Å². The average Bonchev–Trinajstić information content (AvgIpc) is 2.67. The van der Waals surface area contributed by atoms with Crippen molar-refractivity contribution in [3.8, 4) is 0 Å². The summed E-state index contributed by atoms with van der Waals surface area (Å²) in [4.78, 5) is 18.6. The van der Waals surface area contributed by atoms with Crippen LogP contribution in [0.2, 0.25) is 0 Å². The minimum Gasteiger partial charge on any atom is -0.351 e. The molecular weight excluding hydrogens is 284 g/mol. The number of fused-ring (bicyclic) bond motifs is 1. The van der Waals surface area contributed by atoms with Gasteiger partial charge in [0, 0.05) is 17.7 Å². The van der Waals surface area contributed by atoms with E-state index < -0.39 is 11.6 Å². The molecular formula is C13H15F2N3OS. The molecule has 1 amide bonds. The minimum atomic E-state index is -0.939. The maximum Gasteiger partial charge on any atom is 0.230 e. The molecule has 2 N–H and O–H groups in total. The lowest BCUT2D eigenvalue weighted by Gasteiger charge is -2.19. The Hall–Kier alpha value is -1.63. The van der Waals surface area contributed by atoms with Gasteiger partial charge in [-0.2, -0.15) is 0 Å². The Morgan fingerprint density at radius 1 is 1.35 bits per heavy atom. The molecule has 0 aliphatic carbocycles. The highest BCUT2D eigenvalue weighted by Gasteiger charge is 2.15. The van der Waals surface area contributed by atoms with E-state index in [2.05, 4.69) is 15.3 Å². The summed E-state index contributed by atoms with van der Waals surface area (Å²) in [6, 6.07) is 2.08. The van der Waals surface area contributed by atoms with Crippen molar-refractivity contribution < 1.29 is 13.6 Å². The molecule has 0 aliphatic rings. The zero-order valence-corrected chi connectivity index (χ0v) is 12.2. The summed E-state index contributed by atoms with van der Waals surface area (Å²) in [6.45, 7) is 5.67. The minimum absolute atomic E-state index is 0.125. The van der Waals surface area contributed by atoms with E-state index in [1.165, 1.54) is 11.8 Å². The lowest BCUT2D eigenvalue weighted by atomic mass is 10.1. The van der Waals surface area contributed by atoms with Crippen LogP contribution < -0.4 is 5.32 Å². The number of aromatic nitrogens is 2. The molecule has 0 unspecified atom stereocenters. The molecule has 2 aromatic rings. The number of H-pyrrole nitrogens is 1. The summed E-state index contributed by atoms with van der Waals surface area (Å²) >= 11 is 1.18. The Labute approximate surface area is 119 Å². The van der Waals surface area contributed by atoms with E-state index in [4.69, 9.17) is 0 Å². The zero-order valence-electron chi connectivity index (χ0n) is 11.4. The number of hydrogen-bond donors (Lipinski definition) is 2. The Morgan fingerprint density at radius 2 is 2.00 bits per heavy atom. The van der Waals surface area contributed by atoms with E-state index >= 15 is 0 Å². The number of rotatable bonds is 3. The van der Waals surface area contributed by atoms with E-state index in [0.717, 1.165) is 12.1 Å². The van der Waals surface area contributed by atoms with Crippen molar-refractivity contribution in [3.63, 3.8) is 0 Å². The number of carbonyl (C=O) groups is 1. The van der Waals surface area contributed by atoms with Gasteiger partial charge in [-0.3, -0.25) is 4.79 Å². The number of thioether (sulfide) groups is 1. The molecule has 0 saturated heterocycles. The molecule has 0 bridgehead atoms. The van der Waals surface area contributed by atoms with Crippen LogP contribution in [-0.4, -0.2) is 27.2 Å². The van der Waals surface area contributed by atoms with Crippen molar-refractivity contribution in [2.45, 2.75) is 31.5 Å². The maximum absolute atomic E-state index is 13.1. The first-order valence-electron chi connectivity index (χ1n) is 6.03. The van der Waals surface area contributed by atoms with E-state index in [1.807, 2.05) is 20.8 Å². The van der Waals surface area contributed by atoms with E-state index in [0.29, 0.717) is 16.2 Å². The summed E-state index contributed by atoms with van der Waals surface area (Å²) in [5.41, 5.74) is 0.447. The first kappa shape index (κ1) is 14.8. The van der Waals surface area contributed by atoms with Gasteiger partial charge in [-0.25, -0.2) is 13.8 Å². The number of benzene rings is 1. The van der Waals surface area contributed by atoms with E-state index in [9.17, 15) is 13.6 Å². The van der Waals surface area contributed by atoms with Gasteiger partial charge in [-0.1, -0.05) is 11.8 Å². The van der Waals surface area contributed by atoms with Gasteiger partial charge < -0.3 is 10.3 Å². The number of nitrogens with zero attached hydrogens (tertiary/aromatic N) is 1. The van der Waals surface area contributed by atoms with Crippen LogP contribution in [0.5, 0.6) is 0 Å². The Kier molecular flexibility index (Phi) is 3.99.